The van der Waals surface area contributed by atoms with E-state index in [1.807, 2.05) is 30.3 Å². The van der Waals surface area contributed by atoms with Crippen molar-refractivity contribution in [1.29, 1.82) is 0 Å². The number of rotatable bonds is 5. The van der Waals surface area contributed by atoms with Crippen LogP contribution in [0.15, 0.2) is 41.4 Å². The van der Waals surface area contributed by atoms with Gasteiger partial charge in [-0.2, -0.15) is 0 Å². The van der Waals surface area contributed by atoms with Gasteiger partial charge in [-0.15, -0.1) is 11.8 Å². The molecule has 2 aromatic carbocycles. The summed E-state index contributed by atoms with van der Waals surface area (Å²) in [4.78, 5) is 4.52. The molecule has 120 valence electrons. The fourth-order valence-electron chi connectivity index (χ4n) is 2.28. The Labute approximate surface area is 158 Å². The highest BCUT2D eigenvalue weighted by Gasteiger charge is 2.17. The molecule has 0 radical (unpaired) electrons. The summed E-state index contributed by atoms with van der Waals surface area (Å²) in [6.07, 6.45) is 0. The fourth-order valence-corrected chi connectivity index (χ4v) is 4.09. The van der Waals surface area contributed by atoms with Crippen molar-refractivity contribution in [3.63, 3.8) is 0 Å². The Hall–Kier alpha value is -0.920. The lowest BCUT2D eigenvalue weighted by molar-refractivity contribution is 0.282. The lowest BCUT2D eigenvalue weighted by Gasteiger charge is -2.14. The van der Waals surface area contributed by atoms with Crippen LogP contribution in [0.1, 0.15) is 11.1 Å². The maximum absolute atomic E-state index is 6.01. The average Bonchev–Trinajstić information content (AvgIpc) is 3.07. The van der Waals surface area contributed by atoms with Crippen LogP contribution in [0.2, 0.25) is 5.02 Å². The van der Waals surface area contributed by atoms with E-state index in [1.54, 1.807) is 18.9 Å². The summed E-state index contributed by atoms with van der Waals surface area (Å²) in [6, 6.07) is 11.7. The molecule has 0 amide bonds. The van der Waals surface area contributed by atoms with Crippen LogP contribution in [0.4, 0.5) is 0 Å². The van der Waals surface area contributed by atoms with Crippen LogP contribution in [-0.2, 0) is 6.61 Å². The van der Waals surface area contributed by atoms with Gasteiger partial charge in [0.15, 0.2) is 11.5 Å². The molecule has 0 bridgehead atoms. The molecule has 0 aromatic heterocycles. The van der Waals surface area contributed by atoms with Crippen molar-refractivity contribution in [2.24, 2.45) is 4.99 Å². The summed E-state index contributed by atoms with van der Waals surface area (Å²) in [5.74, 6) is 2.52. The molecule has 0 aliphatic carbocycles. The first-order chi connectivity index (χ1) is 11.2. The lowest BCUT2D eigenvalue weighted by Crippen LogP contribution is -2.02. The summed E-state index contributed by atoms with van der Waals surface area (Å²) in [7, 11) is 1.66. The maximum atomic E-state index is 6.01. The van der Waals surface area contributed by atoms with Gasteiger partial charge in [0, 0.05) is 22.9 Å². The third-order valence-electron chi connectivity index (χ3n) is 3.33. The minimum Gasteiger partial charge on any atom is -0.493 e. The summed E-state index contributed by atoms with van der Waals surface area (Å²) >= 11 is 10.1. The van der Waals surface area contributed by atoms with Crippen molar-refractivity contribution in [1.82, 2.24) is 0 Å². The molecule has 1 heterocycles. The number of halogens is 2. The van der Waals surface area contributed by atoms with Crippen LogP contribution >= 0.6 is 46.0 Å². The Balaban J connectivity index is 1.83. The highest BCUT2D eigenvalue weighted by molar-refractivity contribution is 14.1. The van der Waals surface area contributed by atoms with Gasteiger partial charge in [-0.25, -0.2) is 0 Å². The van der Waals surface area contributed by atoms with E-state index in [1.165, 1.54) is 0 Å². The molecule has 0 saturated heterocycles. The van der Waals surface area contributed by atoms with E-state index in [9.17, 15) is 0 Å². The minimum atomic E-state index is 0.446. The molecule has 0 fully saturated rings. The normalized spacial score (nSPS) is 13.8. The van der Waals surface area contributed by atoms with Crippen LogP contribution in [0.5, 0.6) is 11.5 Å². The average molecular weight is 460 g/mol. The zero-order valence-electron chi connectivity index (χ0n) is 12.5. The number of benzene rings is 2. The minimum absolute atomic E-state index is 0.446. The van der Waals surface area contributed by atoms with Gasteiger partial charge in [-0.1, -0.05) is 23.7 Å². The molecule has 0 unspecified atom stereocenters. The number of nitrogens with zero attached hydrogens (tertiary/aromatic N) is 1. The Bertz CT molecular complexity index is 751. The Morgan fingerprint density at radius 2 is 2.17 bits per heavy atom. The second kappa shape index (κ2) is 7.77. The van der Waals surface area contributed by atoms with Crippen LogP contribution < -0.4 is 9.47 Å². The van der Waals surface area contributed by atoms with Gasteiger partial charge in [-0.05, 0) is 52.4 Å². The van der Waals surface area contributed by atoms with Crippen LogP contribution in [0.25, 0.3) is 0 Å². The molecule has 23 heavy (non-hydrogen) atoms. The molecule has 3 rings (SSSR count). The van der Waals surface area contributed by atoms with E-state index in [2.05, 4.69) is 33.6 Å². The maximum Gasteiger partial charge on any atom is 0.174 e. The first kappa shape index (κ1) is 16.9. The largest absolute Gasteiger partial charge is 0.493 e. The summed E-state index contributed by atoms with van der Waals surface area (Å²) in [5.41, 5.74) is 2.11. The van der Waals surface area contributed by atoms with Crippen LogP contribution in [0, 0.1) is 3.57 Å². The third kappa shape index (κ3) is 4.14. The van der Waals surface area contributed by atoms with E-state index in [-0.39, 0.29) is 0 Å². The van der Waals surface area contributed by atoms with E-state index in [0.29, 0.717) is 11.6 Å². The van der Waals surface area contributed by atoms with Crippen molar-refractivity contribution in [2.45, 2.75) is 6.61 Å². The number of ether oxygens (including phenoxy) is 2. The van der Waals surface area contributed by atoms with Crippen molar-refractivity contribution < 1.29 is 9.47 Å². The van der Waals surface area contributed by atoms with Gasteiger partial charge in [0.05, 0.1) is 15.7 Å². The second-order valence-corrected chi connectivity index (χ2v) is 7.63. The van der Waals surface area contributed by atoms with Crippen molar-refractivity contribution in [2.75, 3.05) is 19.4 Å². The highest BCUT2D eigenvalue weighted by atomic mass is 127. The van der Waals surface area contributed by atoms with Crippen molar-refractivity contribution >= 4 is 51.0 Å². The van der Waals surface area contributed by atoms with Crippen molar-refractivity contribution in [3.05, 3.63) is 56.1 Å². The number of hydrogen-bond donors (Lipinski definition) is 0. The number of aliphatic imine (C=N–C) groups is 1. The Morgan fingerprint density at radius 3 is 2.87 bits per heavy atom. The van der Waals surface area contributed by atoms with Gasteiger partial charge in [-0.3, -0.25) is 4.99 Å². The van der Waals surface area contributed by atoms with Gasteiger partial charge in [0.25, 0.3) is 0 Å². The standard InChI is InChI=1S/C17H15ClINO2S/c1-21-15-9-12(17-20-5-6-23-17)8-14(19)16(15)22-10-11-3-2-4-13(18)7-11/h2-4,7-9H,5-6,10H2,1H3. The number of methoxy groups -OCH3 is 1. The zero-order valence-corrected chi connectivity index (χ0v) is 16.2. The molecule has 0 saturated carbocycles. The lowest BCUT2D eigenvalue weighted by atomic mass is 10.2. The van der Waals surface area contributed by atoms with Gasteiger partial charge < -0.3 is 9.47 Å². The molecule has 1 aliphatic heterocycles. The topological polar surface area (TPSA) is 30.8 Å². The Morgan fingerprint density at radius 1 is 1.30 bits per heavy atom. The smallest absolute Gasteiger partial charge is 0.174 e. The third-order valence-corrected chi connectivity index (χ3v) is 5.40. The predicted molar refractivity (Wildman–Crippen MR) is 105 cm³/mol. The zero-order chi connectivity index (χ0) is 16.2. The molecule has 2 aromatic rings. The van der Waals surface area contributed by atoms with Gasteiger partial charge in [0.1, 0.15) is 6.61 Å². The molecule has 0 spiro atoms. The first-order valence-electron chi connectivity index (χ1n) is 7.10. The summed E-state index contributed by atoms with van der Waals surface area (Å²) in [5, 5.41) is 1.78. The second-order valence-electron chi connectivity index (χ2n) is 4.94. The number of thioether (sulfide) groups is 1. The molecule has 3 nitrogen and oxygen atoms in total. The van der Waals surface area contributed by atoms with E-state index in [4.69, 9.17) is 21.1 Å². The monoisotopic (exact) mass is 459 g/mol. The molecule has 0 atom stereocenters. The first-order valence-corrected chi connectivity index (χ1v) is 9.54. The van der Waals surface area contributed by atoms with E-state index < -0.39 is 0 Å². The molecule has 6 heteroatoms. The van der Waals surface area contributed by atoms with E-state index in [0.717, 1.165) is 43.5 Å². The molecular formula is C17H15ClINO2S. The Kier molecular flexibility index (Phi) is 5.71. The fraction of sp³-hybridized carbons (Fsp3) is 0.235. The van der Waals surface area contributed by atoms with Crippen LogP contribution in [0.3, 0.4) is 0 Å². The van der Waals surface area contributed by atoms with Crippen molar-refractivity contribution in [3.8, 4) is 11.5 Å². The molecular weight excluding hydrogens is 445 g/mol. The highest BCUT2D eigenvalue weighted by Crippen LogP contribution is 2.36. The van der Waals surface area contributed by atoms with Gasteiger partial charge >= 0.3 is 0 Å². The molecule has 0 N–H and O–H groups in total. The quantitative estimate of drug-likeness (QED) is 0.588. The summed E-state index contributed by atoms with van der Waals surface area (Å²) < 4.78 is 12.5. The van der Waals surface area contributed by atoms with E-state index >= 15 is 0 Å². The molecule has 1 aliphatic rings. The SMILES string of the molecule is COc1cc(C2=NCCS2)cc(I)c1OCc1cccc(Cl)c1. The van der Waals surface area contributed by atoms with Gasteiger partial charge in [0.2, 0.25) is 0 Å². The summed E-state index contributed by atoms with van der Waals surface area (Å²) in [6.45, 7) is 1.33. The van der Waals surface area contributed by atoms with Crippen LogP contribution in [-0.4, -0.2) is 24.5 Å². The predicted octanol–water partition coefficient (Wildman–Crippen LogP) is 5.03. The number of hydrogen-bond acceptors (Lipinski definition) is 4.